The highest BCUT2D eigenvalue weighted by atomic mass is 16.5. The van der Waals surface area contributed by atoms with Gasteiger partial charge in [0, 0.05) is 14.1 Å². The second kappa shape index (κ2) is 5.40. The molecule has 0 rings (SSSR count). The number of ether oxygens (including phenoxy) is 1. The van der Waals surface area contributed by atoms with Gasteiger partial charge in [0.25, 0.3) is 5.91 Å². The average molecular weight is 157 g/mol. The summed E-state index contributed by atoms with van der Waals surface area (Å²) in [4.78, 5) is 17.8. The van der Waals surface area contributed by atoms with E-state index in [0.29, 0.717) is 0 Å². The second-order valence-electron chi connectivity index (χ2n) is 1.58. The van der Waals surface area contributed by atoms with Crippen molar-refractivity contribution in [2.24, 2.45) is 9.98 Å². The zero-order chi connectivity index (χ0) is 8.69. The van der Waals surface area contributed by atoms with Gasteiger partial charge < -0.3 is 10.1 Å². The van der Waals surface area contributed by atoms with Crippen molar-refractivity contribution in [2.45, 2.75) is 0 Å². The first kappa shape index (κ1) is 9.61. The summed E-state index contributed by atoms with van der Waals surface area (Å²) in [5, 5.41) is 2.37. The maximum Gasteiger partial charge on any atom is 0.311 e. The van der Waals surface area contributed by atoms with Crippen LogP contribution in [0.5, 0.6) is 0 Å². The number of nitrogens with zero attached hydrogens (tertiary/aromatic N) is 2. The summed E-state index contributed by atoms with van der Waals surface area (Å²) in [6, 6.07) is 0.175. The Morgan fingerprint density at radius 2 is 2.27 bits per heavy atom. The third-order valence-corrected chi connectivity index (χ3v) is 0.913. The highest BCUT2D eigenvalue weighted by molar-refractivity contribution is 6.27. The molecule has 5 nitrogen and oxygen atoms in total. The van der Waals surface area contributed by atoms with E-state index in [2.05, 4.69) is 20.0 Å². The monoisotopic (exact) mass is 157 g/mol. The number of hydrogen-bond donors (Lipinski definition) is 1. The highest BCUT2D eigenvalue weighted by Gasteiger charge is 1.92. The number of amides is 1. The minimum Gasteiger partial charge on any atom is -0.467 e. The predicted octanol–water partition coefficient (Wildman–Crippen LogP) is -0.565. The maximum absolute atomic E-state index is 10.6. The fourth-order valence-corrected chi connectivity index (χ4v) is 0.380. The van der Waals surface area contributed by atoms with Gasteiger partial charge >= 0.3 is 6.02 Å². The van der Waals surface area contributed by atoms with Gasteiger partial charge in [0.2, 0.25) is 0 Å². The van der Waals surface area contributed by atoms with Crippen LogP contribution in [0.1, 0.15) is 0 Å². The molecule has 0 heterocycles. The molecule has 0 aromatic rings. The first-order chi connectivity index (χ1) is 5.24. The van der Waals surface area contributed by atoms with E-state index in [9.17, 15) is 4.79 Å². The number of amidine groups is 1. The Kier molecular flexibility index (Phi) is 4.72. The summed E-state index contributed by atoms with van der Waals surface area (Å²) in [6.45, 7) is 0. The fourth-order valence-electron chi connectivity index (χ4n) is 0.380. The quantitative estimate of drug-likeness (QED) is 0.409. The van der Waals surface area contributed by atoms with Gasteiger partial charge in [-0.1, -0.05) is 0 Å². The van der Waals surface area contributed by atoms with Crippen LogP contribution in [0.4, 0.5) is 0 Å². The van der Waals surface area contributed by atoms with Crippen molar-refractivity contribution < 1.29 is 9.53 Å². The van der Waals surface area contributed by atoms with Crippen molar-refractivity contribution in [3.05, 3.63) is 0 Å². The van der Waals surface area contributed by atoms with Crippen molar-refractivity contribution in [2.75, 3.05) is 21.2 Å². The Balaban J connectivity index is 4.00. The van der Waals surface area contributed by atoms with E-state index in [1.54, 1.807) is 0 Å². The highest BCUT2D eigenvalue weighted by Crippen LogP contribution is 1.78. The Hall–Kier alpha value is -1.39. The first-order valence-corrected chi connectivity index (χ1v) is 3.01. The largest absolute Gasteiger partial charge is 0.467 e. The summed E-state index contributed by atoms with van der Waals surface area (Å²) in [6.07, 6.45) is 1.10. The van der Waals surface area contributed by atoms with Crippen LogP contribution in [0.25, 0.3) is 0 Å². The minimum absolute atomic E-state index is 0.175. The molecule has 0 aromatic heterocycles. The van der Waals surface area contributed by atoms with E-state index >= 15 is 0 Å². The average Bonchev–Trinajstić information content (AvgIpc) is 2.06. The molecule has 0 aliphatic rings. The second-order valence-corrected chi connectivity index (χ2v) is 1.58. The van der Waals surface area contributed by atoms with E-state index in [1.165, 1.54) is 21.2 Å². The van der Waals surface area contributed by atoms with Gasteiger partial charge in [-0.15, -0.1) is 0 Å². The topological polar surface area (TPSA) is 63.0 Å². The lowest BCUT2D eigenvalue weighted by atomic mass is 10.7. The van der Waals surface area contributed by atoms with Crippen LogP contribution in [0, 0.1) is 0 Å². The Labute approximate surface area is 65.2 Å². The summed E-state index contributed by atoms with van der Waals surface area (Å²) in [5.41, 5.74) is 0. The Morgan fingerprint density at radius 3 is 2.64 bits per heavy atom. The smallest absolute Gasteiger partial charge is 0.311 e. The number of aliphatic imine (C=N–C) groups is 2. The molecule has 0 saturated carbocycles. The summed E-state index contributed by atoms with van der Waals surface area (Å²) >= 11 is 0. The molecule has 0 radical (unpaired) electrons. The van der Waals surface area contributed by atoms with Gasteiger partial charge in [-0.3, -0.25) is 4.79 Å². The number of methoxy groups -OCH3 is 1. The minimum atomic E-state index is -0.289. The molecule has 1 amide bonds. The molecule has 1 N–H and O–H groups in total. The molecule has 0 spiro atoms. The van der Waals surface area contributed by atoms with E-state index < -0.39 is 0 Å². The number of carbonyl (C=O) groups is 1. The van der Waals surface area contributed by atoms with Crippen LogP contribution in [0.3, 0.4) is 0 Å². The van der Waals surface area contributed by atoms with E-state index in [1.807, 2.05) is 0 Å². The molecule has 11 heavy (non-hydrogen) atoms. The van der Waals surface area contributed by atoms with Crippen molar-refractivity contribution in [1.82, 2.24) is 5.32 Å². The molecular weight excluding hydrogens is 146 g/mol. The summed E-state index contributed by atoms with van der Waals surface area (Å²) in [7, 11) is 4.48. The van der Waals surface area contributed by atoms with Crippen LogP contribution < -0.4 is 5.32 Å². The zero-order valence-electron chi connectivity index (χ0n) is 6.79. The van der Waals surface area contributed by atoms with Gasteiger partial charge in [0.1, 0.15) is 0 Å². The molecule has 0 atom stereocenters. The summed E-state index contributed by atoms with van der Waals surface area (Å²) < 4.78 is 4.67. The van der Waals surface area contributed by atoms with Crippen molar-refractivity contribution >= 4 is 18.1 Å². The maximum atomic E-state index is 10.6. The molecular formula is C6H11N3O2. The first-order valence-electron chi connectivity index (χ1n) is 3.01. The van der Waals surface area contributed by atoms with Crippen LogP contribution >= 0.6 is 0 Å². The van der Waals surface area contributed by atoms with Crippen molar-refractivity contribution in [3.63, 3.8) is 0 Å². The van der Waals surface area contributed by atoms with Gasteiger partial charge in [-0.05, 0) is 0 Å². The van der Waals surface area contributed by atoms with Crippen LogP contribution in [0.15, 0.2) is 9.98 Å². The van der Waals surface area contributed by atoms with E-state index in [-0.39, 0.29) is 11.9 Å². The van der Waals surface area contributed by atoms with Crippen LogP contribution in [-0.2, 0) is 9.53 Å². The molecule has 62 valence electrons. The molecule has 0 aliphatic heterocycles. The van der Waals surface area contributed by atoms with Gasteiger partial charge in [0.05, 0.1) is 13.3 Å². The molecule has 0 fully saturated rings. The fraction of sp³-hybridized carbons (Fsp3) is 0.500. The Morgan fingerprint density at radius 1 is 1.64 bits per heavy atom. The molecule has 0 aliphatic carbocycles. The molecule has 0 aromatic carbocycles. The lowest BCUT2D eigenvalue weighted by Gasteiger charge is -1.94. The SMILES string of the molecule is C/N=C(\N=C\C(=O)NC)OC. The normalized spacial score (nSPS) is 11.7. The predicted molar refractivity (Wildman–Crippen MR) is 42.9 cm³/mol. The molecule has 5 heteroatoms. The number of rotatable bonds is 1. The van der Waals surface area contributed by atoms with E-state index in [0.717, 1.165) is 6.21 Å². The third-order valence-electron chi connectivity index (χ3n) is 0.913. The number of carbonyl (C=O) groups excluding carboxylic acids is 1. The number of hydrogen-bond acceptors (Lipinski definition) is 3. The van der Waals surface area contributed by atoms with Gasteiger partial charge in [0.15, 0.2) is 0 Å². The van der Waals surface area contributed by atoms with Gasteiger partial charge in [-0.25, -0.2) is 4.99 Å². The number of nitrogens with one attached hydrogen (secondary N) is 1. The Bertz CT molecular complexity index is 186. The lowest BCUT2D eigenvalue weighted by molar-refractivity contribution is -0.113. The molecule has 0 unspecified atom stereocenters. The standard InChI is InChI=1S/C6H11N3O2/c1-7-5(10)4-9-6(8-2)11-3/h4H,1-3H3,(H,7,10)/b8-6+,9-4+. The van der Waals surface area contributed by atoms with Crippen LogP contribution in [-0.4, -0.2) is 39.3 Å². The van der Waals surface area contributed by atoms with Crippen molar-refractivity contribution in [1.29, 1.82) is 0 Å². The van der Waals surface area contributed by atoms with E-state index in [4.69, 9.17) is 0 Å². The molecule has 0 saturated heterocycles. The van der Waals surface area contributed by atoms with Gasteiger partial charge in [-0.2, -0.15) is 4.99 Å². The third kappa shape index (κ3) is 4.07. The van der Waals surface area contributed by atoms with Crippen molar-refractivity contribution in [3.8, 4) is 0 Å². The molecule has 0 bridgehead atoms. The summed E-state index contributed by atoms with van der Waals surface area (Å²) in [5.74, 6) is -0.289. The van der Waals surface area contributed by atoms with Crippen LogP contribution in [0.2, 0.25) is 0 Å². The zero-order valence-corrected chi connectivity index (χ0v) is 6.79. The lowest BCUT2D eigenvalue weighted by Crippen LogP contribution is -2.19.